The number of carbonyl (C=O) groups excluding carboxylic acids is 1. The van der Waals surface area contributed by atoms with E-state index in [2.05, 4.69) is 26.5 Å². The van der Waals surface area contributed by atoms with E-state index < -0.39 is 0 Å². The highest BCUT2D eigenvalue weighted by Crippen LogP contribution is 2.28. The van der Waals surface area contributed by atoms with Gasteiger partial charge >= 0.3 is 6.03 Å². The van der Waals surface area contributed by atoms with Crippen molar-refractivity contribution in [3.8, 4) is 11.4 Å². The molecule has 4 heterocycles. The maximum Gasteiger partial charge on any atom is 0.323 e. The van der Waals surface area contributed by atoms with Crippen LogP contribution >= 0.6 is 0 Å². The molecular weight excluding hydrogens is 522 g/mol. The normalized spacial score (nSPS) is 16.1. The molecule has 0 saturated carbocycles. The van der Waals surface area contributed by atoms with Crippen LogP contribution in [0.15, 0.2) is 60.8 Å². The number of anilines is 3. The average Bonchev–Trinajstić information content (AvgIpc) is 3.02. The number of carbonyl (C=O) groups is 1. The Morgan fingerprint density at radius 1 is 0.829 bits per heavy atom. The molecule has 0 spiro atoms. The van der Waals surface area contributed by atoms with Gasteiger partial charge in [0.05, 0.1) is 38.6 Å². The lowest BCUT2D eigenvalue weighted by Gasteiger charge is -2.29. The summed E-state index contributed by atoms with van der Waals surface area (Å²) in [6.45, 7) is 6.83. The standard InChI is InChI=1S/C30H33N7O4/c38-20-21-1-5-24(6-2-21)32-30(39)33-25-7-3-23(4-8-25)28-34-26-17-22(19-36-9-13-40-14-10-36)18-31-27(26)29(35-28)37-11-15-41-16-12-37/h1-8,17-18,38H,9-16,19-20H2,(H2,32,33,39). The van der Waals surface area contributed by atoms with E-state index in [1.807, 2.05) is 30.5 Å². The lowest BCUT2D eigenvalue weighted by atomic mass is 10.1. The van der Waals surface area contributed by atoms with Crippen molar-refractivity contribution < 1.29 is 19.4 Å². The van der Waals surface area contributed by atoms with Gasteiger partial charge in [0.1, 0.15) is 5.52 Å². The number of morpholine rings is 2. The Bertz CT molecular complexity index is 1490. The number of aliphatic hydroxyl groups excluding tert-OH is 1. The van der Waals surface area contributed by atoms with Gasteiger partial charge in [-0.1, -0.05) is 12.1 Å². The fourth-order valence-corrected chi connectivity index (χ4v) is 4.96. The smallest absolute Gasteiger partial charge is 0.323 e. The highest BCUT2D eigenvalue weighted by atomic mass is 16.5. The monoisotopic (exact) mass is 555 g/mol. The summed E-state index contributed by atoms with van der Waals surface area (Å²) >= 11 is 0. The average molecular weight is 556 g/mol. The number of hydrogen-bond acceptors (Lipinski definition) is 9. The molecule has 2 aromatic heterocycles. The zero-order chi connectivity index (χ0) is 28.0. The van der Waals surface area contributed by atoms with Crippen molar-refractivity contribution in [2.24, 2.45) is 0 Å². The SMILES string of the molecule is O=C(Nc1ccc(CO)cc1)Nc1ccc(-c2nc(N3CCOCC3)c3ncc(CN4CCOCC4)cc3n2)cc1. The first-order valence-electron chi connectivity index (χ1n) is 13.8. The second-order valence-corrected chi connectivity index (χ2v) is 10.1. The number of nitrogens with one attached hydrogen (secondary N) is 2. The molecule has 0 aliphatic carbocycles. The number of nitrogens with zero attached hydrogens (tertiary/aromatic N) is 5. The molecule has 41 heavy (non-hydrogen) atoms. The van der Waals surface area contributed by atoms with Gasteiger partial charge < -0.3 is 30.1 Å². The molecule has 212 valence electrons. The van der Waals surface area contributed by atoms with Crippen molar-refractivity contribution in [1.29, 1.82) is 0 Å². The van der Waals surface area contributed by atoms with Gasteiger partial charge in [-0.15, -0.1) is 0 Å². The zero-order valence-electron chi connectivity index (χ0n) is 22.8. The molecule has 0 bridgehead atoms. The number of amides is 2. The Kier molecular flexibility index (Phi) is 8.28. The second-order valence-electron chi connectivity index (χ2n) is 10.1. The van der Waals surface area contributed by atoms with Crippen molar-refractivity contribution in [3.63, 3.8) is 0 Å². The number of aliphatic hydroxyl groups is 1. The van der Waals surface area contributed by atoms with Gasteiger partial charge in [-0.25, -0.2) is 14.8 Å². The minimum absolute atomic E-state index is 0.0419. The van der Waals surface area contributed by atoms with Crippen LogP contribution in [0.5, 0.6) is 0 Å². The van der Waals surface area contributed by atoms with Crippen LogP contribution in [0.3, 0.4) is 0 Å². The predicted molar refractivity (Wildman–Crippen MR) is 157 cm³/mol. The van der Waals surface area contributed by atoms with E-state index >= 15 is 0 Å². The van der Waals surface area contributed by atoms with Crippen LogP contribution in [0.1, 0.15) is 11.1 Å². The van der Waals surface area contributed by atoms with Crippen LogP contribution in [-0.4, -0.2) is 83.6 Å². The van der Waals surface area contributed by atoms with Crippen LogP contribution in [-0.2, 0) is 22.6 Å². The van der Waals surface area contributed by atoms with Gasteiger partial charge in [0.2, 0.25) is 0 Å². The first-order chi connectivity index (χ1) is 20.1. The highest BCUT2D eigenvalue weighted by molar-refractivity contribution is 5.99. The van der Waals surface area contributed by atoms with E-state index in [9.17, 15) is 9.90 Å². The highest BCUT2D eigenvalue weighted by Gasteiger charge is 2.20. The molecule has 6 rings (SSSR count). The van der Waals surface area contributed by atoms with Crippen molar-refractivity contribution in [3.05, 3.63) is 71.9 Å². The molecule has 2 aliphatic rings. The number of benzene rings is 2. The Hall–Kier alpha value is -4.16. The molecule has 2 fully saturated rings. The number of pyridine rings is 1. The third-order valence-electron chi connectivity index (χ3n) is 7.19. The molecular formula is C30H33N7O4. The molecule has 0 atom stereocenters. The van der Waals surface area contributed by atoms with Crippen LogP contribution in [0.25, 0.3) is 22.4 Å². The molecule has 3 N–H and O–H groups in total. The van der Waals surface area contributed by atoms with E-state index in [0.29, 0.717) is 30.4 Å². The van der Waals surface area contributed by atoms with E-state index in [1.54, 1.807) is 24.3 Å². The number of rotatable bonds is 7. The first-order valence-corrected chi connectivity index (χ1v) is 13.8. The Labute approximate surface area is 238 Å². The minimum Gasteiger partial charge on any atom is -0.392 e. The summed E-state index contributed by atoms with van der Waals surface area (Å²) in [4.78, 5) is 31.8. The number of urea groups is 1. The van der Waals surface area contributed by atoms with Gasteiger partial charge in [0.25, 0.3) is 0 Å². The molecule has 11 heteroatoms. The number of aromatic nitrogens is 3. The van der Waals surface area contributed by atoms with Crippen LogP contribution in [0.2, 0.25) is 0 Å². The summed E-state index contributed by atoms with van der Waals surface area (Å²) in [5.41, 5.74) is 5.59. The van der Waals surface area contributed by atoms with E-state index in [4.69, 9.17) is 24.4 Å². The third kappa shape index (κ3) is 6.60. The third-order valence-corrected chi connectivity index (χ3v) is 7.19. The minimum atomic E-state index is -0.357. The maximum atomic E-state index is 12.5. The van der Waals surface area contributed by atoms with Gasteiger partial charge in [-0.2, -0.15) is 0 Å². The van der Waals surface area contributed by atoms with Crippen molar-refractivity contribution in [1.82, 2.24) is 19.9 Å². The van der Waals surface area contributed by atoms with Crippen molar-refractivity contribution in [2.75, 3.05) is 68.1 Å². The Morgan fingerprint density at radius 2 is 1.46 bits per heavy atom. The molecule has 2 amide bonds. The summed E-state index contributed by atoms with van der Waals surface area (Å²) in [6.07, 6.45) is 1.93. The fourth-order valence-electron chi connectivity index (χ4n) is 4.96. The number of fused-ring (bicyclic) bond motifs is 1. The van der Waals surface area contributed by atoms with Crippen molar-refractivity contribution in [2.45, 2.75) is 13.2 Å². The largest absolute Gasteiger partial charge is 0.392 e. The summed E-state index contributed by atoms with van der Waals surface area (Å²) in [6, 6.07) is 16.3. The molecule has 0 unspecified atom stereocenters. The lowest BCUT2D eigenvalue weighted by Crippen LogP contribution is -2.37. The second kappa shape index (κ2) is 12.6. The topological polar surface area (TPSA) is 125 Å². The predicted octanol–water partition coefficient (Wildman–Crippen LogP) is 3.50. The molecule has 2 aromatic carbocycles. The zero-order valence-corrected chi connectivity index (χ0v) is 22.8. The van der Waals surface area contributed by atoms with Crippen LogP contribution in [0.4, 0.5) is 22.0 Å². The number of ether oxygens (including phenoxy) is 2. The van der Waals surface area contributed by atoms with Gasteiger partial charge in [-0.3, -0.25) is 9.88 Å². The van der Waals surface area contributed by atoms with Crippen LogP contribution < -0.4 is 15.5 Å². The van der Waals surface area contributed by atoms with E-state index in [-0.39, 0.29) is 12.6 Å². The van der Waals surface area contributed by atoms with Crippen LogP contribution in [0, 0.1) is 0 Å². The molecule has 2 saturated heterocycles. The molecule has 4 aromatic rings. The Morgan fingerprint density at radius 3 is 2.12 bits per heavy atom. The maximum absolute atomic E-state index is 12.5. The fraction of sp³-hybridized carbons (Fsp3) is 0.333. The quantitative estimate of drug-likeness (QED) is 0.314. The van der Waals surface area contributed by atoms with E-state index in [0.717, 1.165) is 79.5 Å². The Balaban J connectivity index is 1.23. The van der Waals surface area contributed by atoms with Gasteiger partial charge in [0.15, 0.2) is 11.6 Å². The molecule has 0 radical (unpaired) electrons. The summed E-state index contributed by atoms with van der Waals surface area (Å²) in [5.74, 6) is 1.41. The summed E-state index contributed by atoms with van der Waals surface area (Å²) in [5, 5.41) is 14.8. The summed E-state index contributed by atoms with van der Waals surface area (Å²) in [7, 11) is 0. The molecule has 2 aliphatic heterocycles. The van der Waals surface area contributed by atoms with E-state index in [1.165, 1.54) is 0 Å². The van der Waals surface area contributed by atoms with Gasteiger partial charge in [0, 0.05) is 55.9 Å². The first kappa shape index (κ1) is 27.0. The van der Waals surface area contributed by atoms with Gasteiger partial charge in [-0.05, 0) is 53.6 Å². The van der Waals surface area contributed by atoms with Crippen molar-refractivity contribution >= 4 is 34.3 Å². The lowest BCUT2D eigenvalue weighted by molar-refractivity contribution is 0.0341. The summed E-state index contributed by atoms with van der Waals surface area (Å²) < 4.78 is 11.1. The molecule has 11 nitrogen and oxygen atoms in total. The number of hydrogen-bond donors (Lipinski definition) is 3.